The maximum atomic E-state index is 12.4. The monoisotopic (exact) mass is 346 g/mol. The fourth-order valence-corrected chi connectivity index (χ4v) is 3.21. The number of carbonyl (C=O) groups excluding carboxylic acids is 2. The molecule has 2 aromatic carbocycles. The van der Waals surface area contributed by atoms with Crippen LogP contribution in [-0.4, -0.2) is 17.9 Å². The molecule has 0 spiro atoms. The molecule has 5 nitrogen and oxygen atoms in total. The first kappa shape index (κ1) is 16.1. The minimum atomic E-state index is -0.682. The topological polar surface area (TPSA) is 71.3 Å². The lowest BCUT2D eigenvalue weighted by Gasteiger charge is -2.14. The normalized spacial score (nSPS) is 12.8. The number of benzene rings is 2. The molecule has 1 aliphatic rings. The zero-order chi connectivity index (χ0) is 18.1. The molecular weight excluding hydrogens is 328 g/mol. The zero-order valence-electron chi connectivity index (χ0n) is 14.3. The lowest BCUT2D eigenvalue weighted by atomic mass is 10.1. The molecule has 0 fully saturated rings. The predicted octanol–water partition coefficient (Wildman–Crippen LogP) is 3.61. The van der Waals surface area contributed by atoms with E-state index in [1.807, 2.05) is 30.3 Å². The highest BCUT2D eigenvalue weighted by Gasteiger charge is 2.20. The van der Waals surface area contributed by atoms with E-state index in [1.165, 1.54) is 28.5 Å². The standard InChI is InChI=1S/C21H18N2O3/c1-13(22-21(25)19-7-4-10-26-19)20(24)23-16-8-9-18-15(12-16)11-14-5-2-3-6-17(14)18/h2-10,12-13H,11H2,1H3,(H,22,25)(H,23,24). The number of anilines is 1. The summed E-state index contributed by atoms with van der Waals surface area (Å²) < 4.78 is 5.03. The van der Waals surface area contributed by atoms with E-state index in [4.69, 9.17) is 4.42 Å². The van der Waals surface area contributed by atoms with Crippen LogP contribution in [0.3, 0.4) is 0 Å². The molecule has 1 aromatic heterocycles. The van der Waals surface area contributed by atoms with Gasteiger partial charge in [-0.3, -0.25) is 9.59 Å². The molecule has 0 aliphatic heterocycles. The molecule has 0 saturated heterocycles. The Morgan fingerprint density at radius 1 is 1.00 bits per heavy atom. The van der Waals surface area contributed by atoms with Crippen LogP contribution in [-0.2, 0) is 11.2 Å². The number of carbonyl (C=O) groups is 2. The fourth-order valence-electron chi connectivity index (χ4n) is 3.21. The number of amides is 2. The number of furan rings is 1. The van der Waals surface area contributed by atoms with Crippen molar-refractivity contribution < 1.29 is 14.0 Å². The molecule has 5 heteroatoms. The molecule has 0 bridgehead atoms. The minimum absolute atomic E-state index is 0.181. The Hall–Kier alpha value is -3.34. The van der Waals surface area contributed by atoms with E-state index in [9.17, 15) is 9.59 Å². The van der Waals surface area contributed by atoms with E-state index in [2.05, 4.69) is 22.8 Å². The van der Waals surface area contributed by atoms with E-state index in [0.717, 1.165) is 12.1 Å². The van der Waals surface area contributed by atoms with Crippen molar-refractivity contribution in [1.82, 2.24) is 5.32 Å². The highest BCUT2D eigenvalue weighted by molar-refractivity contribution is 6.00. The van der Waals surface area contributed by atoms with Crippen molar-refractivity contribution in [2.24, 2.45) is 0 Å². The highest BCUT2D eigenvalue weighted by atomic mass is 16.3. The van der Waals surface area contributed by atoms with Crippen molar-refractivity contribution >= 4 is 17.5 Å². The SMILES string of the molecule is CC(NC(=O)c1ccco1)C(=O)Nc1ccc2c(c1)Cc1ccccc1-2. The third kappa shape index (κ3) is 2.99. The summed E-state index contributed by atoms with van der Waals surface area (Å²) in [5.74, 6) is -0.512. The van der Waals surface area contributed by atoms with Crippen LogP contribution in [0, 0.1) is 0 Å². The van der Waals surface area contributed by atoms with Crippen molar-refractivity contribution in [2.75, 3.05) is 5.32 Å². The van der Waals surface area contributed by atoms with Crippen LogP contribution in [0.5, 0.6) is 0 Å². The molecular formula is C21H18N2O3. The third-order valence-electron chi connectivity index (χ3n) is 4.55. The van der Waals surface area contributed by atoms with E-state index in [0.29, 0.717) is 0 Å². The van der Waals surface area contributed by atoms with Gasteiger partial charge in [-0.25, -0.2) is 0 Å². The van der Waals surface area contributed by atoms with Gasteiger partial charge in [0, 0.05) is 5.69 Å². The van der Waals surface area contributed by atoms with Gasteiger partial charge < -0.3 is 15.1 Å². The van der Waals surface area contributed by atoms with Gasteiger partial charge in [0.15, 0.2) is 5.76 Å². The van der Waals surface area contributed by atoms with Crippen LogP contribution in [0.4, 0.5) is 5.69 Å². The number of fused-ring (bicyclic) bond motifs is 3. The van der Waals surface area contributed by atoms with E-state index in [1.54, 1.807) is 19.1 Å². The Bertz CT molecular complexity index is 977. The molecule has 26 heavy (non-hydrogen) atoms. The number of rotatable bonds is 4. The molecule has 1 heterocycles. The number of nitrogens with one attached hydrogen (secondary N) is 2. The maximum Gasteiger partial charge on any atom is 0.287 e. The predicted molar refractivity (Wildman–Crippen MR) is 98.9 cm³/mol. The second-order valence-electron chi connectivity index (χ2n) is 6.37. The van der Waals surface area contributed by atoms with Crippen molar-refractivity contribution in [3.63, 3.8) is 0 Å². The first-order valence-electron chi connectivity index (χ1n) is 8.48. The van der Waals surface area contributed by atoms with Gasteiger partial charge in [-0.1, -0.05) is 30.3 Å². The Morgan fingerprint density at radius 3 is 2.62 bits per heavy atom. The number of hydrogen-bond donors (Lipinski definition) is 2. The lowest BCUT2D eigenvalue weighted by molar-refractivity contribution is -0.117. The van der Waals surface area contributed by atoms with Crippen LogP contribution >= 0.6 is 0 Å². The van der Waals surface area contributed by atoms with Crippen LogP contribution in [0.25, 0.3) is 11.1 Å². The van der Waals surface area contributed by atoms with E-state index < -0.39 is 11.9 Å². The van der Waals surface area contributed by atoms with Crippen LogP contribution < -0.4 is 10.6 Å². The van der Waals surface area contributed by atoms with Crippen LogP contribution in [0.2, 0.25) is 0 Å². The zero-order valence-corrected chi connectivity index (χ0v) is 14.3. The Labute approximate surface area is 151 Å². The average molecular weight is 346 g/mol. The molecule has 1 atom stereocenters. The Morgan fingerprint density at radius 2 is 1.81 bits per heavy atom. The first-order valence-corrected chi connectivity index (χ1v) is 8.48. The summed E-state index contributed by atoms with van der Waals surface area (Å²) in [5.41, 5.74) is 5.67. The summed E-state index contributed by atoms with van der Waals surface area (Å²) in [5, 5.41) is 5.49. The summed E-state index contributed by atoms with van der Waals surface area (Å²) in [4.78, 5) is 24.3. The smallest absolute Gasteiger partial charge is 0.287 e. The molecule has 130 valence electrons. The minimum Gasteiger partial charge on any atom is -0.459 e. The van der Waals surface area contributed by atoms with E-state index in [-0.39, 0.29) is 11.7 Å². The van der Waals surface area contributed by atoms with E-state index >= 15 is 0 Å². The molecule has 2 N–H and O–H groups in total. The molecule has 2 amide bonds. The largest absolute Gasteiger partial charge is 0.459 e. The van der Waals surface area contributed by atoms with Crippen LogP contribution in [0.1, 0.15) is 28.6 Å². The molecule has 3 aromatic rings. The Kier molecular flexibility index (Phi) is 4.05. The van der Waals surface area contributed by atoms with Gasteiger partial charge in [0.2, 0.25) is 5.91 Å². The van der Waals surface area contributed by atoms with Gasteiger partial charge >= 0.3 is 0 Å². The highest BCUT2D eigenvalue weighted by Crippen LogP contribution is 2.37. The van der Waals surface area contributed by atoms with Gasteiger partial charge in [-0.2, -0.15) is 0 Å². The summed E-state index contributed by atoms with van der Waals surface area (Å²) in [6.45, 7) is 1.64. The van der Waals surface area contributed by atoms with Crippen molar-refractivity contribution in [3.8, 4) is 11.1 Å². The lowest BCUT2D eigenvalue weighted by Crippen LogP contribution is -2.41. The first-order chi connectivity index (χ1) is 12.6. The summed E-state index contributed by atoms with van der Waals surface area (Å²) in [6, 6.07) is 16.7. The van der Waals surface area contributed by atoms with Gasteiger partial charge in [0.05, 0.1) is 6.26 Å². The quantitative estimate of drug-likeness (QED) is 0.593. The molecule has 0 saturated carbocycles. The van der Waals surface area contributed by atoms with Crippen molar-refractivity contribution in [2.45, 2.75) is 19.4 Å². The summed E-state index contributed by atoms with van der Waals surface area (Å²) in [6.07, 6.45) is 2.28. The van der Waals surface area contributed by atoms with Crippen molar-refractivity contribution in [3.05, 3.63) is 77.7 Å². The summed E-state index contributed by atoms with van der Waals surface area (Å²) >= 11 is 0. The summed E-state index contributed by atoms with van der Waals surface area (Å²) in [7, 11) is 0. The van der Waals surface area contributed by atoms with Gasteiger partial charge in [0.1, 0.15) is 6.04 Å². The molecule has 0 radical (unpaired) electrons. The maximum absolute atomic E-state index is 12.4. The number of hydrogen-bond acceptors (Lipinski definition) is 3. The fraction of sp³-hybridized carbons (Fsp3) is 0.143. The van der Waals surface area contributed by atoms with Crippen molar-refractivity contribution in [1.29, 1.82) is 0 Å². The average Bonchev–Trinajstić information content (AvgIpc) is 3.29. The Balaban J connectivity index is 1.44. The van der Waals surface area contributed by atoms with Gasteiger partial charge in [-0.05, 0) is 59.9 Å². The molecule has 1 unspecified atom stereocenters. The van der Waals surface area contributed by atoms with Gasteiger partial charge in [-0.15, -0.1) is 0 Å². The third-order valence-corrected chi connectivity index (χ3v) is 4.55. The van der Waals surface area contributed by atoms with Crippen LogP contribution in [0.15, 0.2) is 65.3 Å². The van der Waals surface area contributed by atoms with Gasteiger partial charge in [0.25, 0.3) is 5.91 Å². The second-order valence-corrected chi connectivity index (χ2v) is 6.37. The molecule has 4 rings (SSSR count). The molecule has 1 aliphatic carbocycles. The second kappa shape index (κ2) is 6.52.